The molecule has 0 radical (unpaired) electrons. The van der Waals surface area contributed by atoms with Crippen LogP contribution in [-0.4, -0.2) is 37.0 Å². The van der Waals surface area contributed by atoms with Crippen molar-refractivity contribution in [3.63, 3.8) is 0 Å². The Hall–Kier alpha value is -2.43. The molecule has 2 aromatic carbocycles. The molecule has 0 bridgehead atoms. The molecule has 7 nitrogen and oxygen atoms in total. The van der Waals surface area contributed by atoms with Gasteiger partial charge in [0.05, 0.1) is 18.5 Å². The molecule has 0 unspecified atom stereocenters. The van der Waals surface area contributed by atoms with Crippen LogP contribution in [0, 0.1) is 0 Å². The first-order valence-electron chi connectivity index (χ1n) is 8.17. The average molecular weight is 435 g/mol. The molecule has 0 aliphatic carbocycles. The number of benzene rings is 2. The van der Waals surface area contributed by atoms with Gasteiger partial charge >= 0.3 is 0 Å². The molecule has 0 aliphatic rings. The molecule has 1 N–H and O–H groups in total. The summed E-state index contributed by atoms with van der Waals surface area (Å²) in [6.45, 7) is 0.179. The summed E-state index contributed by atoms with van der Waals surface area (Å²) in [5.74, 6) is -0.293. The fourth-order valence-corrected chi connectivity index (χ4v) is 4.49. The summed E-state index contributed by atoms with van der Waals surface area (Å²) in [6.07, 6.45) is 3.06. The number of rotatable bonds is 7. The molecular formula is C18H18N4O3S3. The zero-order valence-corrected chi connectivity index (χ0v) is 17.6. The standard InChI is InChI=1S/C18H18N4O3S3/c1-26-18-21-20-17(27-18)19-16(23)14-10-8-13(9-11-14)12-22(28(2,24)25)15-6-4-3-5-7-15/h3-11H,12H2,1-2H3,(H,19,20,23). The summed E-state index contributed by atoms with van der Waals surface area (Å²) < 4.78 is 26.5. The minimum Gasteiger partial charge on any atom is -0.296 e. The molecule has 1 heterocycles. The van der Waals surface area contributed by atoms with Crippen molar-refractivity contribution in [2.45, 2.75) is 10.9 Å². The molecule has 10 heteroatoms. The van der Waals surface area contributed by atoms with Gasteiger partial charge in [-0.05, 0) is 36.1 Å². The Balaban J connectivity index is 1.73. The topological polar surface area (TPSA) is 92.3 Å². The molecule has 0 atom stereocenters. The van der Waals surface area contributed by atoms with Crippen molar-refractivity contribution in [2.24, 2.45) is 0 Å². The lowest BCUT2D eigenvalue weighted by Crippen LogP contribution is -2.29. The second kappa shape index (κ2) is 8.72. The lowest BCUT2D eigenvalue weighted by molar-refractivity contribution is 0.102. The predicted molar refractivity (Wildman–Crippen MR) is 114 cm³/mol. The molecule has 0 fully saturated rings. The van der Waals surface area contributed by atoms with Crippen molar-refractivity contribution in [3.05, 3.63) is 65.7 Å². The summed E-state index contributed by atoms with van der Waals surface area (Å²) in [6, 6.07) is 15.7. The first-order chi connectivity index (χ1) is 13.4. The summed E-state index contributed by atoms with van der Waals surface area (Å²) in [5.41, 5.74) is 1.81. The van der Waals surface area contributed by atoms with E-state index in [2.05, 4.69) is 15.5 Å². The van der Waals surface area contributed by atoms with E-state index in [0.29, 0.717) is 16.4 Å². The van der Waals surface area contributed by atoms with Crippen LogP contribution in [-0.2, 0) is 16.6 Å². The maximum Gasteiger partial charge on any atom is 0.257 e. The number of thioether (sulfide) groups is 1. The van der Waals surface area contributed by atoms with Crippen LogP contribution in [0.15, 0.2) is 58.9 Å². The highest BCUT2D eigenvalue weighted by Gasteiger charge is 2.18. The Kier molecular flexibility index (Phi) is 6.32. The molecule has 3 aromatic rings. The molecule has 0 aliphatic heterocycles. The Morgan fingerprint density at radius 3 is 2.36 bits per heavy atom. The number of nitrogens with one attached hydrogen (secondary N) is 1. The van der Waals surface area contributed by atoms with Gasteiger partial charge in [0, 0.05) is 5.56 Å². The molecular weight excluding hydrogens is 416 g/mol. The Bertz CT molecular complexity index is 1050. The summed E-state index contributed by atoms with van der Waals surface area (Å²) in [4.78, 5) is 12.3. The van der Waals surface area contributed by atoms with Crippen LogP contribution >= 0.6 is 23.1 Å². The normalized spacial score (nSPS) is 11.2. The zero-order chi connectivity index (χ0) is 20.1. The molecule has 146 valence electrons. The van der Waals surface area contributed by atoms with Gasteiger partial charge < -0.3 is 0 Å². The van der Waals surface area contributed by atoms with E-state index in [1.165, 1.54) is 33.7 Å². The number of amides is 1. The van der Waals surface area contributed by atoms with E-state index in [1.807, 2.05) is 12.3 Å². The first kappa shape index (κ1) is 20.3. The minimum atomic E-state index is -3.45. The van der Waals surface area contributed by atoms with Gasteiger partial charge in [-0.1, -0.05) is 53.4 Å². The number of aromatic nitrogens is 2. The quantitative estimate of drug-likeness (QED) is 0.452. The molecule has 1 amide bonds. The lowest BCUT2D eigenvalue weighted by Gasteiger charge is -2.22. The van der Waals surface area contributed by atoms with Gasteiger partial charge in [0.25, 0.3) is 5.91 Å². The number of carbonyl (C=O) groups is 1. The predicted octanol–water partition coefficient (Wildman–Crippen LogP) is 3.48. The van der Waals surface area contributed by atoms with Crippen molar-refractivity contribution in [1.82, 2.24) is 10.2 Å². The lowest BCUT2D eigenvalue weighted by atomic mass is 10.1. The Morgan fingerprint density at radius 2 is 1.79 bits per heavy atom. The van der Waals surface area contributed by atoms with Crippen molar-refractivity contribution in [2.75, 3.05) is 22.1 Å². The van der Waals surface area contributed by atoms with Crippen LogP contribution < -0.4 is 9.62 Å². The van der Waals surface area contributed by atoms with E-state index >= 15 is 0 Å². The third kappa shape index (κ3) is 5.09. The maximum absolute atomic E-state index is 12.3. The number of hydrogen-bond donors (Lipinski definition) is 1. The highest BCUT2D eigenvalue weighted by molar-refractivity contribution is 8.00. The highest BCUT2D eigenvalue weighted by atomic mass is 32.2. The van der Waals surface area contributed by atoms with Crippen LogP contribution in [0.1, 0.15) is 15.9 Å². The molecule has 1 aromatic heterocycles. The van der Waals surface area contributed by atoms with Gasteiger partial charge in [-0.2, -0.15) is 0 Å². The number of nitrogens with zero attached hydrogens (tertiary/aromatic N) is 3. The van der Waals surface area contributed by atoms with Crippen LogP contribution in [0.2, 0.25) is 0 Å². The Labute approximate surface area is 171 Å². The van der Waals surface area contributed by atoms with Gasteiger partial charge in [0.2, 0.25) is 15.2 Å². The number of anilines is 2. The van der Waals surface area contributed by atoms with E-state index in [9.17, 15) is 13.2 Å². The van der Waals surface area contributed by atoms with Gasteiger partial charge in [0.1, 0.15) is 0 Å². The second-order valence-electron chi connectivity index (χ2n) is 5.83. The molecule has 0 spiro atoms. The van der Waals surface area contributed by atoms with E-state index in [-0.39, 0.29) is 12.5 Å². The molecule has 3 rings (SSSR count). The van der Waals surface area contributed by atoms with Crippen molar-refractivity contribution < 1.29 is 13.2 Å². The van der Waals surface area contributed by atoms with Gasteiger partial charge in [0.15, 0.2) is 4.34 Å². The number of para-hydroxylation sites is 1. The molecule has 0 saturated carbocycles. The fourth-order valence-electron chi connectivity index (χ4n) is 2.43. The highest BCUT2D eigenvalue weighted by Crippen LogP contribution is 2.24. The van der Waals surface area contributed by atoms with Crippen LogP contribution in [0.5, 0.6) is 0 Å². The van der Waals surface area contributed by atoms with Crippen molar-refractivity contribution in [3.8, 4) is 0 Å². The monoisotopic (exact) mass is 434 g/mol. The van der Waals surface area contributed by atoms with E-state index in [1.54, 1.807) is 48.5 Å². The van der Waals surface area contributed by atoms with Gasteiger partial charge in [-0.25, -0.2) is 8.42 Å². The first-order valence-corrected chi connectivity index (χ1v) is 12.1. The van der Waals surface area contributed by atoms with Gasteiger partial charge in [-0.15, -0.1) is 10.2 Å². The van der Waals surface area contributed by atoms with E-state index < -0.39 is 10.0 Å². The zero-order valence-electron chi connectivity index (χ0n) is 15.2. The van der Waals surface area contributed by atoms with E-state index in [4.69, 9.17) is 0 Å². The number of sulfonamides is 1. The van der Waals surface area contributed by atoms with Crippen LogP contribution in [0.3, 0.4) is 0 Å². The third-order valence-corrected chi connectivity index (χ3v) is 6.74. The number of carbonyl (C=O) groups excluding carboxylic acids is 1. The van der Waals surface area contributed by atoms with Gasteiger partial charge in [-0.3, -0.25) is 14.4 Å². The minimum absolute atomic E-state index is 0.179. The van der Waals surface area contributed by atoms with Crippen LogP contribution in [0.4, 0.5) is 10.8 Å². The summed E-state index contributed by atoms with van der Waals surface area (Å²) in [7, 11) is -3.45. The molecule has 28 heavy (non-hydrogen) atoms. The molecule has 0 saturated heterocycles. The third-order valence-electron chi connectivity index (χ3n) is 3.79. The smallest absolute Gasteiger partial charge is 0.257 e. The largest absolute Gasteiger partial charge is 0.296 e. The average Bonchev–Trinajstić information content (AvgIpc) is 3.14. The summed E-state index contributed by atoms with van der Waals surface area (Å²) in [5, 5.41) is 11.0. The maximum atomic E-state index is 12.3. The van der Waals surface area contributed by atoms with Crippen molar-refractivity contribution in [1.29, 1.82) is 0 Å². The second-order valence-corrected chi connectivity index (χ2v) is 9.77. The Morgan fingerprint density at radius 1 is 1.11 bits per heavy atom. The fraction of sp³-hybridized carbons (Fsp3) is 0.167. The van der Waals surface area contributed by atoms with Crippen molar-refractivity contribution >= 4 is 49.8 Å². The van der Waals surface area contributed by atoms with E-state index in [0.717, 1.165) is 9.90 Å². The van der Waals surface area contributed by atoms with Crippen LogP contribution in [0.25, 0.3) is 0 Å². The SMILES string of the molecule is CSc1nnc(NC(=O)c2ccc(CN(c3ccccc3)S(C)(=O)=O)cc2)s1. The number of hydrogen-bond acceptors (Lipinski definition) is 7. The summed E-state index contributed by atoms with van der Waals surface area (Å²) >= 11 is 2.76.